The number of nitrogens with zero attached hydrogens (tertiary/aromatic N) is 3. The van der Waals surface area contributed by atoms with Gasteiger partial charge in [0.1, 0.15) is 18.2 Å². The number of rotatable bonds is 12. The van der Waals surface area contributed by atoms with Crippen molar-refractivity contribution < 1.29 is 23.9 Å². The average Bonchev–Trinajstić information content (AvgIpc) is 3.50. The molecular formula is C35H54N4O5. The van der Waals surface area contributed by atoms with Crippen molar-refractivity contribution in [3.05, 3.63) is 47.5 Å². The molecule has 2 saturated heterocycles. The standard InChI is InChI=1S/C35H54N4O5/c1-9-30(26-16-11-10-12-17-26)44-35(43)28-19-15-21-39(28)33(41)25(6)22-29(23(2)3)38(8)34(42)31(24(4)5)36-32(40)27-18-13-14-20-37(27)7/h10-12,16-17,22-24,27-31H,9,13-15,18-21H2,1-8H3,(H,36,40)/b25-22+/t27-,28+,29-,30+,31+/m1/s1. The second kappa shape index (κ2) is 16.2. The Morgan fingerprint density at radius 1 is 0.977 bits per heavy atom. The molecule has 9 nitrogen and oxygen atoms in total. The lowest BCUT2D eigenvalue weighted by atomic mass is 9.96. The molecular weight excluding hydrogens is 556 g/mol. The van der Waals surface area contributed by atoms with Crippen molar-refractivity contribution in [3.63, 3.8) is 0 Å². The van der Waals surface area contributed by atoms with Crippen LogP contribution in [0, 0.1) is 11.8 Å². The number of hydrogen-bond acceptors (Lipinski definition) is 6. The summed E-state index contributed by atoms with van der Waals surface area (Å²) in [5.41, 5.74) is 1.41. The van der Waals surface area contributed by atoms with Crippen LogP contribution in [-0.4, -0.2) is 89.7 Å². The van der Waals surface area contributed by atoms with Gasteiger partial charge in [0.25, 0.3) is 0 Å². The summed E-state index contributed by atoms with van der Waals surface area (Å²) in [7, 11) is 3.69. The summed E-state index contributed by atoms with van der Waals surface area (Å²) in [5.74, 6) is -1.00. The number of hydrogen-bond donors (Lipinski definition) is 1. The number of esters is 1. The third kappa shape index (κ3) is 8.71. The van der Waals surface area contributed by atoms with Crippen LogP contribution in [0.1, 0.15) is 91.7 Å². The van der Waals surface area contributed by atoms with E-state index in [-0.39, 0.29) is 53.7 Å². The zero-order chi connectivity index (χ0) is 32.6. The zero-order valence-corrected chi connectivity index (χ0v) is 28.0. The minimum Gasteiger partial charge on any atom is -0.456 e. The van der Waals surface area contributed by atoms with Gasteiger partial charge in [0.15, 0.2) is 0 Å². The van der Waals surface area contributed by atoms with E-state index in [1.807, 2.05) is 78.1 Å². The van der Waals surface area contributed by atoms with Gasteiger partial charge in [-0.1, -0.05) is 77.4 Å². The molecule has 0 aromatic heterocycles. The predicted octanol–water partition coefficient (Wildman–Crippen LogP) is 4.73. The average molecular weight is 611 g/mol. The quantitative estimate of drug-likeness (QED) is 0.272. The van der Waals surface area contributed by atoms with Crippen molar-refractivity contribution >= 4 is 23.7 Å². The molecule has 5 atom stereocenters. The van der Waals surface area contributed by atoms with Crippen molar-refractivity contribution in [2.24, 2.45) is 11.8 Å². The van der Waals surface area contributed by atoms with Gasteiger partial charge in [-0.05, 0) is 70.0 Å². The van der Waals surface area contributed by atoms with E-state index in [0.29, 0.717) is 25.0 Å². The molecule has 0 bridgehead atoms. The first-order chi connectivity index (χ1) is 20.9. The van der Waals surface area contributed by atoms with Gasteiger partial charge in [-0.15, -0.1) is 0 Å². The molecule has 1 aromatic rings. The summed E-state index contributed by atoms with van der Waals surface area (Å²) >= 11 is 0. The molecule has 0 unspecified atom stereocenters. The second-order valence-corrected chi connectivity index (χ2v) is 13.2. The summed E-state index contributed by atoms with van der Waals surface area (Å²) in [6, 6.07) is 7.73. The van der Waals surface area contributed by atoms with Gasteiger partial charge in [-0.3, -0.25) is 19.3 Å². The topological polar surface area (TPSA) is 99.3 Å². The normalized spacial score (nSPS) is 21.6. The van der Waals surface area contributed by atoms with Crippen molar-refractivity contribution in [2.45, 2.75) is 110 Å². The second-order valence-electron chi connectivity index (χ2n) is 13.2. The molecule has 0 radical (unpaired) electrons. The van der Waals surface area contributed by atoms with Crippen molar-refractivity contribution in [1.29, 1.82) is 0 Å². The monoisotopic (exact) mass is 610 g/mol. The molecule has 0 spiro atoms. The van der Waals surface area contributed by atoms with Gasteiger partial charge in [0.2, 0.25) is 17.7 Å². The van der Waals surface area contributed by atoms with Crippen LogP contribution in [0.25, 0.3) is 0 Å². The van der Waals surface area contributed by atoms with Gasteiger partial charge >= 0.3 is 5.97 Å². The van der Waals surface area contributed by atoms with Crippen LogP contribution in [0.2, 0.25) is 0 Å². The first-order valence-electron chi connectivity index (χ1n) is 16.4. The Balaban J connectivity index is 1.73. The van der Waals surface area contributed by atoms with E-state index < -0.39 is 12.1 Å². The fourth-order valence-corrected chi connectivity index (χ4v) is 6.37. The van der Waals surface area contributed by atoms with E-state index in [4.69, 9.17) is 4.74 Å². The number of likely N-dealkylation sites (N-methyl/N-ethyl adjacent to an activating group) is 2. The van der Waals surface area contributed by atoms with Crippen LogP contribution in [0.15, 0.2) is 42.0 Å². The maximum absolute atomic E-state index is 13.8. The van der Waals surface area contributed by atoms with Crippen molar-refractivity contribution in [3.8, 4) is 0 Å². The van der Waals surface area contributed by atoms with E-state index in [9.17, 15) is 19.2 Å². The van der Waals surface area contributed by atoms with E-state index >= 15 is 0 Å². The van der Waals surface area contributed by atoms with Gasteiger partial charge in [-0.25, -0.2) is 4.79 Å². The van der Waals surface area contributed by atoms with Gasteiger partial charge in [-0.2, -0.15) is 0 Å². The minimum atomic E-state index is -0.678. The molecule has 0 saturated carbocycles. The SMILES string of the molecule is CC[C@H](OC(=O)[C@@H]1CCCN1C(=O)/C(C)=C/[C@H](C(C)C)N(C)C(=O)[C@@H](NC(=O)[C@H]1CCCCN1C)C(C)C)c1ccccc1. The Labute approximate surface area is 264 Å². The molecule has 2 aliphatic heterocycles. The number of benzene rings is 1. The summed E-state index contributed by atoms with van der Waals surface area (Å²) in [4.78, 5) is 59.4. The summed E-state index contributed by atoms with van der Waals surface area (Å²) in [6.45, 7) is 12.9. The first kappa shape index (κ1) is 35.3. The van der Waals surface area contributed by atoms with E-state index in [1.54, 1.807) is 23.8 Å². The number of piperidine rings is 1. The lowest BCUT2D eigenvalue weighted by Crippen LogP contribution is -2.57. The molecule has 1 N–H and O–H groups in total. The van der Waals surface area contributed by atoms with Crippen LogP contribution in [0.3, 0.4) is 0 Å². The minimum absolute atomic E-state index is 0.00946. The number of carbonyl (C=O) groups is 4. The smallest absolute Gasteiger partial charge is 0.329 e. The highest BCUT2D eigenvalue weighted by atomic mass is 16.5. The Morgan fingerprint density at radius 2 is 1.64 bits per heavy atom. The number of carbonyl (C=O) groups excluding carboxylic acids is 4. The van der Waals surface area contributed by atoms with Crippen molar-refractivity contribution in [1.82, 2.24) is 20.0 Å². The highest BCUT2D eigenvalue weighted by molar-refractivity contribution is 5.96. The number of amides is 3. The van der Waals surface area contributed by atoms with Gasteiger partial charge in [0, 0.05) is 19.2 Å². The fourth-order valence-electron chi connectivity index (χ4n) is 6.37. The van der Waals surface area contributed by atoms with Gasteiger partial charge in [0.05, 0.1) is 12.1 Å². The molecule has 44 heavy (non-hydrogen) atoms. The lowest BCUT2D eigenvalue weighted by molar-refractivity contribution is -0.157. The molecule has 1 aromatic carbocycles. The largest absolute Gasteiger partial charge is 0.456 e. The highest BCUT2D eigenvalue weighted by Crippen LogP contribution is 2.27. The summed E-state index contributed by atoms with van der Waals surface area (Å²) < 4.78 is 5.91. The molecule has 2 heterocycles. The van der Waals surface area contributed by atoms with E-state index in [0.717, 1.165) is 37.8 Å². The third-order valence-electron chi connectivity index (χ3n) is 9.13. The summed E-state index contributed by atoms with van der Waals surface area (Å²) in [5, 5.41) is 3.04. The fraction of sp³-hybridized carbons (Fsp3) is 0.657. The zero-order valence-electron chi connectivity index (χ0n) is 28.0. The van der Waals surface area contributed by atoms with Crippen LogP contribution in [0.4, 0.5) is 0 Å². The third-order valence-corrected chi connectivity index (χ3v) is 9.13. The summed E-state index contributed by atoms with van der Waals surface area (Å²) in [6.07, 6.45) is 6.24. The Bertz CT molecular complexity index is 1170. The highest BCUT2D eigenvalue weighted by Gasteiger charge is 2.38. The van der Waals surface area contributed by atoms with Crippen LogP contribution >= 0.6 is 0 Å². The van der Waals surface area contributed by atoms with Crippen LogP contribution in [-0.2, 0) is 23.9 Å². The molecule has 0 aliphatic carbocycles. The number of likely N-dealkylation sites (tertiary alicyclic amines) is 2. The predicted molar refractivity (Wildman–Crippen MR) is 172 cm³/mol. The molecule has 3 amide bonds. The first-order valence-corrected chi connectivity index (χ1v) is 16.4. The van der Waals surface area contributed by atoms with E-state index in [1.165, 1.54) is 0 Å². The molecule has 9 heteroatoms. The molecule has 2 fully saturated rings. The number of nitrogens with one attached hydrogen (secondary N) is 1. The number of ether oxygens (including phenoxy) is 1. The maximum Gasteiger partial charge on any atom is 0.329 e. The van der Waals surface area contributed by atoms with Crippen LogP contribution < -0.4 is 5.32 Å². The van der Waals surface area contributed by atoms with E-state index in [2.05, 4.69) is 10.2 Å². The molecule has 244 valence electrons. The lowest BCUT2D eigenvalue weighted by Gasteiger charge is -2.36. The Morgan fingerprint density at radius 3 is 2.23 bits per heavy atom. The Hall–Kier alpha value is -3.20. The Kier molecular flexibility index (Phi) is 13.0. The molecule has 2 aliphatic rings. The van der Waals surface area contributed by atoms with Crippen molar-refractivity contribution in [2.75, 3.05) is 27.2 Å². The molecule has 3 rings (SSSR count). The van der Waals surface area contributed by atoms with Crippen LogP contribution in [0.5, 0.6) is 0 Å². The van der Waals surface area contributed by atoms with Gasteiger partial charge < -0.3 is 19.9 Å². The maximum atomic E-state index is 13.8.